The Hall–Kier alpha value is -5.40. The van der Waals surface area contributed by atoms with Crippen LogP contribution in [0.5, 0.6) is 0 Å². The van der Waals surface area contributed by atoms with E-state index >= 15 is 0 Å². The highest BCUT2D eigenvalue weighted by atomic mass is 15.1. The summed E-state index contributed by atoms with van der Waals surface area (Å²) in [6.07, 6.45) is 6.56. The number of para-hydroxylation sites is 1. The fourth-order valence-electron chi connectivity index (χ4n) is 10.4. The van der Waals surface area contributed by atoms with Crippen molar-refractivity contribution in [2.75, 3.05) is 4.90 Å². The van der Waals surface area contributed by atoms with E-state index in [2.05, 4.69) is 178 Å². The van der Waals surface area contributed by atoms with Crippen LogP contribution < -0.4 is 4.90 Å². The lowest BCUT2D eigenvalue weighted by Crippen LogP contribution is -2.18. The molecule has 0 amide bonds. The molecule has 10 rings (SSSR count). The number of rotatable bonds is 5. The minimum absolute atomic E-state index is 0.0980. The molecule has 0 unspecified atom stereocenters. The molecule has 7 aromatic rings. The van der Waals surface area contributed by atoms with Crippen molar-refractivity contribution in [1.29, 1.82) is 0 Å². The number of nitrogens with zero attached hydrogens (tertiary/aromatic N) is 1. The number of anilines is 3. The van der Waals surface area contributed by atoms with Crippen molar-refractivity contribution >= 4 is 27.8 Å². The van der Waals surface area contributed by atoms with Crippen molar-refractivity contribution in [3.63, 3.8) is 0 Å². The van der Waals surface area contributed by atoms with E-state index in [-0.39, 0.29) is 10.8 Å². The number of hydrogen-bond donors (Lipinski definition) is 0. The number of fused-ring (bicyclic) bond motifs is 7. The van der Waals surface area contributed by atoms with Crippen LogP contribution in [0.15, 0.2) is 146 Å². The third-order valence-corrected chi connectivity index (χ3v) is 13.1. The van der Waals surface area contributed by atoms with Crippen LogP contribution in [0.4, 0.5) is 17.1 Å². The molecular formula is C52H47N. The lowest BCUT2D eigenvalue weighted by atomic mass is 9.80. The Kier molecular flexibility index (Phi) is 7.35. The van der Waals surface area contributed by atoms with Crippen molar-refractivity contribution < 1.29 is 0 Å². The van der Waals surface area contributed by atoms with Crippen LogP contribution in [0.25, 0.3) is 44.2 Å². The van der Waals surface area contributed by atoms with Crippen LogP contribution in [0.3, 0.4) is 0 Å². The molecule has 1 heteroatoms. The van der Waals surface area contributed by atoms with E-state index in [1.807, 2.05) is 0 Å². The monoisotopic (exact) mass is 685 g/mol. The van der Waals surface area contributed by atoms with Crippen LogP contribution in [0.2, 0.25) is 0 Å². The summed E-state index contributed by atoms with van der Waals surface area (Å²) in [4.78, 5) is 2.59. The Labute approximate surface area is 315 Å². The smallest absolute Gasteiger partial charge is 0.0543 e. The van der Waals surface area contributed by atoms with Gasteiger partial charge in [-0.3, -0.25) is 0 Å². The van der Waals surface area contributed by atoms with E-state index in [1.165, 1.54) is 121 Å². The molecular weight excluding hydrogens is 639 g/mol. The summed E-state index contributed by atoms with van der Waals surface area (Å²) >= 11 is 0. The molecule has 0 atom stereocenters. The molecule has 7 aromatic carbocycles. The lowest BCUT2D eigenvalue weighted by molar-refractivity contribution is 0.445. The van der Waals surface area contributed by atoms with Gasteiger partial charge in [0.15, 0.2) is 0 Å². The molecule has 1 saturated carbocycles. The SMILES string of the molecule is CC1(C)c2ccccc2-c2ccc(N(c3ccccc3-c3cccc4cccc(C5CCCCC5)c34)c3cccc4c3-c3ccccc3C4(C)C)cc21. The minimum atomic E-state index is -0.106. The Bertz CT molecular complexity index is 2560. The van der Waals surface area contributed by atoms with Gasteiger partial charge in [0.2, 0.25) is 0 Å². The first-order chi connectivity index (χ1) is 25.8. The second kappa shape index (κ2) is 12.1. The first-order valence-electron chi connectivity index (χ1n) is 19.7. The van der Waals surface area contributed by atoms with Gasteiger partial charge in [-0.15, -0.1) is 0 Å². The Morgan fingerprint density at radius 3 is 1.81 bits per heavy atom. The molecule has 0 saturated heterocycles. The van der Waals surface area contributed by atoms with Crippen LogP contribution >= 0.6 is 0 Å². The number of hydrogen-bond acceptors (Lipinski definition) is 1. The van der Waals surface area contributed by atoms with Gasteiger partial charge in [-0.05, 0) is 104 Å². The minimum Gasteiger partial charge on any atom is -0.309 e. The fourth-order valence-corrected chi connectivity index (χ4v) is 10.4. The van der Waals surface area contributed by atoms with E-state index in [0.29, 0.717) is 5.92 Å². The van der Waals surface area contributed by atoms with Crippen LogP contribution in [0.1, 0.15) is 93.5 Å². The molecule has 260 valence electrons. The number of benzene rings is 7. The molecule has 0 heterocycles. The van der Waals surface area contributed by atoms with Gasteiger partial charge >= 0.3 is 0 Å². The van der Waals surface area contributed by atoms with Crippen molar-refractivity contribution in [2.45, 2.75) is 76.5 Å². The Morgan fingerprint density at radius 2 is 1.02 bits per heavy atom. The van der Waals surface area contributed by atoms with Gasteiger partial charge in [0.1, 0.15) is 0 Å². The van der Waals surface area contributed by atoms with Crippen molar-refractivity contribution in [3.05, 3.63) is 173 Å². The molecule has 0 aliphatic heterocycles. The Morgan fingerprint density at radius 1 is 0.453 bits per heavy atom. The molecule has 0 N–H and O–H groups in total. The molecule has 3 aliphatic rings. The summed E-state index contributed by atoms with van der Waals surface area (Å²) < 4.78 is 0. The van der Waals surface area contributed by atoms with E-state index in [4.69, 9.17) is 0 Å². The van der Waals surface area contributed by atoms with Gasteiger partial charge in [0.05, 0.1) is 11.4 Å². The molecule has 0 spiro atoms. The lowest BCUT2D eigenvalue weighted by Gasteiger charge is -2.32. The summed E-state index contributed by atoms with van der Waals surface area (Å²) in [7, 11) is 0. The largest absolute Gasteiger partial charge is 0.309 e. The summed E-state index contributed by atoms with van der Waals surface area (Å²) in [5, 5.41) is 2.75. The standard InChI is InChI=1S/C52H47N/c1-51(2)44-27-12-9-23-42(44)50-45(51)28-16-30-48(50)53(36-31-32-39-38-21-8-11-26-43(38)52(3,4)46(39)33-36)47-29-13-10-22-40(47)41-25-15-20-35-19-14-24-37(49(35)41)34-17-6-5-7-18-34/h8-16,19-34H,5-7,17-18H2,1-4H3. The van der Waals surface area contributed by atoms with Crippen LogP contribution in [-0.2, 0) is 10.8 Å². The average molecular weight is 686 g/mol. The summed E-state index contributed by atoms with van der Waals surface area (Å²) in [6, 6.07) is 55.4. The fraction of sp³-hybridized carbons (Fsp3) is 0.231. The second-order valence-corrected chi connectivity index (χ2v) is 16.7. The highest BCUT2D eigenvalue weighted by Gasteiger charge is 2.39. The van der Waals surface area contributed by atoms with Crippen LogP contribution in [-0.4, -0.2) is 0 Å². The highest BCUT2D eigenvalue weighted by Crippen LogP contribution is 2.57. The third kappa shape index (κ3) is 4.83. The maximum absolute atomic E-state index is 2.59. The highest BCUT2D eigenvalue weighted by molar-refractivity contribution is 6.05. The quantitative estimate of drug-likeness (QED) is 0.174. The van der Waals surface area contributed by atoms with Gasteiger partial charge in [0.25, 0.3) is 0 Å². The van der Waals surface area contributed by atoms with Gasteiger partial charge < -0.3 is 4.90 Å². The van der Waals surface area contributed by atoms with E-state index < -0.39 is 0 Å². The van der Waals surface area contributed by atoms with E-state index in [1.54, 1.807) is 0 Å². The second-order valence-electron chi connectivity index (χ2n) is 16.7. The van der Waals surface area contributed by atoms with Crippen molar-refractivity contribution in [3.8, 4) is 33.4 Å². The van der Waals surface area contributed by atoms with E-state index in [9.17, 15) is 0 Å². The maximum Gasteiger partial charge on any atom is 0.0543 e. The maximum atomic E-state index is 2.59. The average Bonchev–Trinajstić information content (AvgIpc) is 3.58. The Balaban J connectivity index is 1.26. The van der Waals surface area contributed by atoms with Gasteiger partial charge in [-0.1, -0.05) is 168 Å². The molecule has 3 aliphatic carbocycles. The predicted molar refractivity (Wildman–Crippen MR) is 225 cm³/mol. The zero-order valence-corrected chi connectivity index (χ0v) is 31.4. The normalized spacial score (nSPS) is 16.5. The molecule has 0 aromatic heterocycles. The molecule has 1 nitrogen and oxygen atoms in total. The van der Waals surface area contributed by atoms with Crippen molar-refractivity contribution in [1.82, 2.24) is 0 Å². The summed E-state index contributed by atoms with van der Waals surface area (Å²) in [6.45, 7) is 9.55. The third-order valence-electron chi connectivity index (χ3n) is 13.1. The summed E-state index contributed by atoms with van der Waals surface area (Å²) in [5.74, 6) is 0.605. The molecule has 0 bridgehead atoms. The first kappa shape index (κ1) is 32.3. The van der Waals surface area contributed by atoms with Gasteiger partial charge in [-0.25, -0.2) is 0 Å². The first-order valence-corrected chi connectivity index (χ1v) is 19.7. The molecule has 1 fully saturated rings. The zero-order chi connectivity index (χ0) is 35.9. The predicted octanol–water partition coefficient (Wildman–Crippen LogP) is 14.6. The summed E-state index contributed by atoms with van der Waals surface area (Å²) in [5.41, 5.74) is 18.5. The van der Waals surface area contributed by atoms with Crippen molar-refractivity contribution in [2.24, 2.45) is 0 Å². The van der Waals surface area contributed by atoms with Gasteiger partial charge in [0, 0.05) is 27.6 Å². The van der Waals surface area contributed by atoms with Crippen LogP contribution in [0, 0.1) is 0 Å². The zero-order valence-electron chi connectivity index (χ0n) is 31.4. The molecule has 0 radical (unpaired) electrons. The molecule has 53 heavy (non-hydrogen) atoms. The van der Waals surface area contributed by atoms with Gasteiger partial charge in [-0.2, -0.15) is 0 Å². The van der Waals surface area contributed by atoms with E-state index in [0.717, 1.165) is 0 Å². The topological polar surface area (TPSA) is 3.24 Å².